The van der Waals surface area contributed by atoms with Gasteiger partial charge in [-0.1, -0.05) is 36.4 Å². The van der Waals surface area contributed by atoms with Crippen LogP contribution in [0.2, 0.25) is 0 Å². The summed E-state index contributed by atoms with van der Waals surface area (Å²) < 4.78 is 0. The highest BCUT2D eigenvalue weighted by Gasteiger charge is 2.26. The molecule has 1 aliphatic heterocycles. The van der Waals surface area contributed by atoms with Gasteiger partial charge in [-0.05, 0) is 160 Å². The third-order valence-electron chi connectivity index (χ3n) is 10.2. The second-order valence-electron chi connectivity index (χ2n) is 13.4. The Balaban J connectivity index is 0.00000217. The summed E-state index contributed by atoms with van der Waals surface area (Å²) in [7, 11) is 0. The van der Waals surface area contributed by atoms with E-state index in [1.165, 1.54) is 61.2 Å². The molecular weight excluding hydrogens is 702 g/mol. The van der Waals surface area contributed by atoms with Gasteiger partial charge in [-0.15, -0.1) is 49.6 Å². The Labute approximate surface area is 324 Å². The summed E-state index contributed by atoms with van der Waals surface area (Å²) in [5.41, 5.74) is 16.6. The number of halogens is 4. The Morgan fingerprint density at radius 1 is 0.600 bits per heavy atom. The summed E-state index contributed by atoms with van der Waals surface area (Å²) in [6, 6.07) is 29.5. The lowest BCUT2D eigenvalue weighted by Gasteiger charge is -2.39. The van der Waals surface area contributed by atoms with Crippen LogP contribution in [0.15, 0.2) is 91.3 Å². The quantitative estimate of drug-likeness (QED) is 0.150. The Morgan fingerprint density at radius 3 is 1.78 bits per heavy atom. The molecule has 0 bridgehead atoms. The molecule has 50 heavy (non-hydrogen) atoms. The highest BCUT2D eigenvalue weighted by atomic mass is 35.5. The van der Waals surface area contributed by atoms with Gasteiger partial charge in [0.2, 0.25) is 0 Å². The van der Waals surface area contributed by atoms with E-state index < -0.39 is 0 Å². The first-order valence-corrected chi connectivity index (χ1v) is 16.8. The molecule has 3 heterocycles. The van der Waals surface area contributed by atoms with Crippen molar-refractivity contribution in [3.8, 4) is 22.5 Å². The summed E-state index contributed by atoms with van der Waals surface area (Å²) in [4.78, 5) is 15.0. The first-order valence-electron chi connectivity index (χ1n) is 16.8. The topological polar surface area (TPSA) is 32.3 Å². The minimum absolute atomic E-state index is 0. The number of hydrogen-bond donors (Lipinski definition) is 0. The van der Waals surface area contributed by atoms with Gasteiger partial charge in [0.05, 0.1) is 11.4 Å². The van der Waals surface area contributed by atoms with Crippen molar-refractivity contribution < 1.29 is 0 Å². The van der Waals surface area contributed by atoms with Gasteiger partial charge in [-0.3, -0.25) is 19.8 Å². The highest BCUT2D eigenvalue weighted by Crippen LogP contribution is 2.30. The molecule has 1 aliphatic rings. The van der Waals surface area contributed by atoms with Crippen LogP contribution < -0.4 is 0 Å². The zero-order chi connectivity index (χ0) is 32.2. The molecule has 0 N–H and O–H groups in total. The van der Waals surface area contributed by atoms with Crippen LogP contribution in [0.1, 0.15) is 62.9 Å². The minimum Gasteiger partial charge on any atom is -0.299 e. The third-order valence-corrected chi connectivity index (χ3v) is 10.2. The van der Waals surface area contributed by atoms with Crippen LogP contribution in [0, 0.1) is 41.5 Å². The first-order chi connectivity index (χ1) is 22.2. The van der Waals surface area contributed by atoms with E-state index >= 15 is 0 Å². The van der Waals surface area contributed by atoms with Crippen LogP contribution >= 0.6 is 49.6 Å². The van der Waals surface area contributed by atoms with Crippen molar-refractivity contribution in [1.29, 1.82) is 0 Å². The number of aromatic nitrogens is 2. The standard InChI is InChI=1S/C42H48N4.4ClH/c1-29-21-38(22-30(2)33(29)5)41-25-36(14-18-43-41)26-45-19-15-40(16-20-45)46(27-35-11-8-7-9-12-35)28-37-13-10-17-44-42(37)39-23-31(3)34(6)32(4)24-39;;;;/h7-14,17-18,21-25,40H,15-16,19-20,26-28H2,1-6H3;4*1H. The molecule has 0 atom stereocenters. The van der Waals surface area contributed by atoms with E-state index in [0.717, 1.165) is 57.0 Å². The largest absolute Gasteiger partial charge is 0.299 e. The summed E-state index contributed by atoms with van der Waals surface area (Å²) in [5.74, 6) is 0. The zero-order valence-electron chi connectivity index (χ0n) is 30.1. The summed E-state index contributed by atoms with van der Waals surface area (Å²) in [6.07, 6.45) is 6.22. The number of aryl methyl sites for hydroxylation is 4. The molecule has 0 saturated carbocycles. The number of piperidine rings is 1. The highest BCUT2D eigenvalue weighted by molar-refractivity contribution is 5.86. The van der Waals surface area contributed by atoms with Gasteiger partial charge in [0.1, 0.15) is 0 Å². The monoisotopic (exact) mass is 752 g/mol. The molecule has 0 spiro atoms. The fourth-order valence-electron chi connectivity index (χ4n) is 6.96. The first kappa shape index (κ1) is 43.2. The van der Waals surface area contributed by atoms with E-state index in [2.05, 4.69) is 130 Å². The molecule has 3 aromatic carbocycles. The van der Waals surface area contributed by atoms with E-state index in [-0.39, 0.29) is 49.6 Å². The van der Waals surface area contributed by atoms with Gasteiger partial charge >= 0.3 is 0 Å². The second-order valence-corrected chi connectivity index (χ2v) is 13.4. The van der Waals surface area contributed by atoms with Crippen molar-refractivity contribution >= 4 is 49.6 Å². The summed E-state index contributed by atoms with van der Waals surface area (Å²) >= 11 is 0. The average molecular weight is 755 g/mol. The molecule has 1 fully saturated rings. The van der Waals surface area contributed by atoms with Crippen molar-refractivity contribution in [1.82, 2.24) is 19.8 Å². The Hall–Kier alpha value is -2.96. The number of rotatable bonds is 9. The lowest BCUT2D eigenvalue weighted by Crippen LogP contribution is -2.44. The molecule has 0 unspecified atom stereocenters. The molecule has 1 saturated heterocycles. The predicted octanol–water partition coefficient (Wildman–Crippen LogP) is 11.0. The van der Waals surface area contributed by atoms with Crippen LogP contribution in [0.25, 0.3) is 22.5 Å². The maximum absolute atomic E-state index is 4.93. The molecule has 5 aromatic rings. The van der Waals surface area contributed by atoms with Crippen molar-refractivity contribution in [3.63, 3.8) is 0 Å². The molecule has 0 amide bonds. The molecular formula is C42H52Cl4N4. The number of likely N-dealkylation sites (tertiary alicyclic amines) is 1. The Kier molecular flexibility index (Phi) is 16.9. The van der Waals surface area contributed by atoms with E-state index in [9.17, 15) is 0 Å². The Bertz CT molecular complexity index is 1770. The van der Waals surface area contributed by atoms with Gasteiger partial charge < -0.3 is 0 Å². The molecule has 0 radical (unpaired) electrons. The maximum atomic E-state index is 4.93. The number of hydrogen-bond acceptors (Lipinski definition) is 4. The summed E-state index contributed by atoms with van der Waals surface area (Å²) in [5, 5.41) is 0. The number of nitrogens with zero attached hydrogens (tertiary/aromatic N) is 4. The number of pyridine rings is 2. The maximum Gasteiger partial charge on any atom is 0.0747 e. The van der Waals surface area contributed by atoms with Crippen molar-refractivity contribution in [2.75, 3.05) is 13.1 Å². The van der Waals surface area contributed by atoms with E-state index in [4.69, 9.17) is 9.97 Å². The third kappa shape index (κ3) is 10.3. The molecule has 0 aliphatic carbocycles. The van der Waals surface area contributed by atoms with Gasteiger partial charge in [-0.25, -0.2) is 0 Å². The normalized spacial score (nSPS) is 13.1. The zero-order valence-corrected chi connectivity index (χ0v) is 33.4. The van der Waals surface area contributed by atoms with E-state index in [1.807, 2.05) is 12.4 Å². The van der Waals surface area contributed by atoms with Gasteiger partial charge in [0.25, 0.3) is 0 Å². The predicted molar refractivity (Wildman–Crippen MR) is 221 cm³/mol. The molecule has 268 valence electrons. The Morgan fingerprint density at radius 2 is 1.18 bits per heavy atom. The molecule has 8 heteroatoms. The van der Waals surface area contributed by atoms with Gasteiger partial charge in [0.15, 0.2) is 0 Å². The van der Waals surface area contributed by atoms with Gasteiger partial charge in [0, 0.05) is 49.2 Å². The van der Waals surface area contributed by atoms with E-state index in [0.29, 0.717) is 6.04 Å². The van der Waals surface area contributed by atoms with Crippen LogP contribution in [-0.4, -0.2) is 38.9 Å². The van der Waals surface area contributed by atoms with Crippen LogP contribution in [-0.2, 0) is 19.6 Å². The SMILES string of the molecule is Cc1cc(-c2cc(CN3CCC(N(Cc4ccccc4)Cc4cccnc4-c4cc(C)c(C)c(C)c4)CC3)ccn2)cc(C)c1C.Cl.Cl.Cl.Cl. The lowest BCUT2D eigenvalue weighted by molar-refractivity contribution is 0.0933. The summed E-state index contributed by atoms with van der Waals surface area (Å²) in [6.45, 7) is 18.2. The number of benzene rings is 3. The van der Waals surface area contributed by atoms with Crippen molar-refractivity contribution in [2.24, 2.45) is 0 Å². The molecule has 4 nitrogen and oxygen atoms in total. The van der Waals surface area contributed by atoms with Crippen LogP contribution in [0.5, 0.6) is 0 Å². The van der Waals surface area contributed by atoms with E-state index in [1.54, 1.807) is 0 Å². The fraction of sp³-hybridized carbons (Fsp3) is 0.333. The molecule has 6 rings (SSSR count). The van der Waals surface area contributed by atoms with Crippen LogP contribution in [0.3, 0.4) is 0 Å². The van der Waals surface area contributed by atoms with Crippen molar-refractivity contribution in [2.45, 2.75) is 80.1 Å². The molecule has 2 aromatic heterocycles. The smallest absolute Gasteiger partial charge is 0.0747 e. The fourth-order valence-corrected chi connectivity index (χ4v) is 6.96. The average Bonchev–Trinajstić information content (AvgIpc) is 3.06. The minimum atomic E-state index is 0. The lowest BCUT2D eigenvalue weighted by atomic mass is 9.96. The van der Waals surface area contributed by atoms with Crippen LogP contribution in [0.4, 0.5) is 0 Å². The van der Waals surface area contributed by atoms with Gasteiger partial charge in [-0.2, -0.15) is 0 Å². The second kappa shape index (κ2) is 19.6. The van der Waals surface area contributed by atoms with Crippen molar-refractivity contribution in [3.05, 3.63) is 141 Å².